The standard InChI is InChI=1S/C33H26FN7/c1-20-7-23(10-25(34)8-20)28-17-37-18-31-26(28)11-30(39-31)33-27-12-29(38-19-32(27)40-41-33)24-9-22(15-36-16-24)14-35-13-21-5-3-2-4-6-21/h2-12,15-19,35,39H,13-14H2,1H3,(H,40,41). The summed E-state index contributed by atoms with van der Waals surface area (Å²) in [7, 11) is 0. The number of aromatic amines is 2. The fourth-order valence-electron chi connectivity index (χ4n) is 5.25. The van der Waals surface area contributed by atoms with Crippen LogP contribution in [0.25, 0.3) is 55.6 Å². The molecule has 7 aromatic rings. The van der Waals surface area contributed by atoms with E-state index in [1.54, 1.807) is 18.6 Å². The Hall–Kier alpha value is -5.21. The summed E-state index contributed by atoms with van der Waals surface area (Å²) < 4.78 is 14.2. The van der Waals surface area contributed by atoms with Crippen LogP contribution in [0.1, 0.15) is 16.7 Å². The Kier molecular flexibility index (Phi) is 6.29. The van der Waals surface area contributed by atoms with Crippen molar-refractivity contribution in [1.82, 2.24) is 35.5 Å². The molecule has 0 unspecified atom stereocenters. The van der Waals surface area contributed by atoms with E-state index in [9.17, 15) is 4.39 Å². The molecular weight excluding hydrogens is 513 g/mol. The van der Waals surface area contributed by atoms with Crippen molar-refractivity contribution in [3.05, 3.63) is 120 Å². The van der Waals surface area contributed by atoms with E-state index in [0.29, 0.717) is 6.54 Å². The number of hydrogen-bond donors (Lipinski definition) is 3. The van der Waals surface area contributed by atoms with E-state index in [-0.39, 0.29) is 5.82 Å². The van der Waals surface area contributed by atoms with Crippen molar-refractivity contribution in [3.63, 3.8) is 0 Å². The second-order valence-electron chi connectivity index (χ2n) is 10.2. The van der Waals surface area contributed by atoms with Gasteiger partial charge in [-0.15, -0.1) is 0 Å². The van der Waals surface area contributed by atoms with Gasteiger partial charge in [-0.1, -0.05) is 36.4 Å². The van der Waals surface area contributed by atoms with E-state index >= 15 is 0 Å². The third kappa shape index (κ3) is 4.97. The molecule has 0 amide bonds. The van der Waals surface area contributed by atoms with Crippen LogP contribution in [0.5, 0.6) is 0 Å². The Bertz CT molecular complexity index is 1990. The number of nitrogens with one attached hydrogen (secondary N) is 3. The molecule has 0 saturated heterocycles. The monoisotopic (exact) mass is 539 g/mol. The highest BCUT2D eigenvalue weighted by molar-refractivity contribution is 6.01. The van der Waals surface area contributed by atoms with E-state index in [0.717, 1.165) is 73.2 Å². The first-order valence-corrected chi connectivity index (χ1v) is 13.4. The third-order valence-electron chi connectivity index (χ3n) is 7.19. The maximum absolute atomic E-state index is 14.2. The highest BCUT2D eigenvalue weighted by Crippen LogP contribution is 2.34. The molecule has 41 heavy (non-hydrogen) atoms. The summed E-state index contributed by atoms with van der Waals surface area (Å²) in [6.07, 6.45) is 9.05. The minimum Gasteiger partial charge on any atom is -0.352 e. The number of fused-ring (bicyclic) bond motifs is 2. The summed E-state index contributed by atoms with van der Waals surface area (Å²) in [6.45, 7) is 3.37. The molecule has 2 aromatic carbocycles. The van der Waals surface area contributed by atoms with Gasteiger partial charge in [-0.3, -0.25) is 20.1 Å². The van der Waals surface area contributed by atoms with Gasteiger partial charge in [0.05, 0.1) is 34.8 Å². The van der Waals surface area contributed by atoms with Gasteiger partial charge in [-0.05, 0) is 59.5 Å². The predicted octanol–water partition coefficient (Wildman–Crippen LogP) is 6.97. The van der Waals surface area contributed by atoms with Crippen LogP contribution in [0.2, 0.25) is 0 Å². The molecule has 0 aliphatic heterocycles. The van der Waals surface area contributed by atoms with E-state index in [2.05, 4.69) is 53.6 Å². The van der Waals surface area contributed by atoms with Gasteiger partial charge < -0.3 is 10.3 Å². The summed E-state index contributed by atoms with van der Waals surface area (Å²) in [4.78, 5) is 17.0. The molecule has 8 heteroatoms. The molecule has 5 aromatic heterocycles. The fourth-order valence-corrected chi connectivity index (χ4v) is 5.25. The lowest BCUT2D eigenvalue weighted by Crippen LogP contribution is -2.12. The first-order valence-electron chi connectivity index (χ1n) is 13.4. The Labute approximate surface area is 235 Å². The van der Waals surface area contributed by atoms with Gasteiger partial charge in [-0.25, -0.2) is 4.39 Å². The first kappa shape index (κ1) is 24.8. The first-order chi connectivity index (χ1) is 20.1. The zero-order valence-electron chi connectivity index (χ0n) is 22.3. The van der Waals surface area contributed by atoms with Crippen molar-refractivity contribution in [1.29, 1.82) is 0 Å². The second-order valence-corrected chi connectivity index (χ2v) is 10.2. The number of rotatable bonds is 7. The number of aryl methyl sites for hydroxylation is 1. The summed E-state index contributed by atoms with van der Waals surface area (Å²) >= 11 is 0. The average Bonchev–Trinajstić information content (AvgIpc) is 3.61. The molecule has 0 bridgehead atoms. The fraction of sp³-hybridized carbons (Fsp3) is 0.0909. The lowest BCUT2D eigenvalue weighted by molar-refractivity contribution is 0.627. The quantitative estimate of drug-likeness (QED) is 0.203. The van der Waals surface area contributed by atoms with Crippen LogP contribution < -0.4 is 5.32 Å². The van der Waals surface area contributed by atoms with Crippen LogP contribution >= 0.6 is 0 Å². The predicted molar refractivity (Wildman–Crippen MR) is 159 cm³/mol. The van der Waals surface area contributed by atoms with E-state index in [1.807, 2.05) is 55.7 Å². The summed E-state index contributed by atoms with van der Waals surface area (Å²) in [5.41, 5.74) is 9.86. The summed E-state index contributed by atoms with van der Waals surface area (Å²) in [5.74, 6) is -0.267. The normalized spacial score (nSPS) is 11.5. The smallest absolute Gasteiger partial charge is 0.124 e. The van der Waals surface area contributed by atoms with Crippen molar-refractivity contribution in [3.8, 4) is 33.8 Å². The minimum absolute atomic E-state index is 0.267. The molecule has 0 atom stereocenters. The molecule has 7 nitrogen and oxygen atoms in total. The van der Waals surface area contributed by atoms with Gasteiger partial charge in [0.1, 0.15) is 11.5 Å². The zero-order valence-corrected chi connectivity index (χ0v) is 22.3. The minimum atomic E-state index is -0.267. The number of aromatic nitrogens is 6. The molecule has 0 spiro atoms. The summed E-state index contributed by atoms with van der Waals surface area (Å²) in [5, 5.41) is 13.1. The van der Waals surface area contributed by atoms with Crippen LogP contribution in [0.4, 0.5) is 4.39 Å². The number of pyridine rings is 3. The maximum Gasteiger partial charge on any atom is 0.124 e. The van der Waals surface area contributed by atoms with Crippen LogP contribution in [0, 0.1) is 12.7 Å². The number of halogens is 1. The molecule has 5 heterocycles. The third-order valence-corrected chi connectivity index (χ3v) is 7.19. The highest BCUT2D eigenvalue weighted by atomic mass is 19.1. The van der Waals surface area contributed by atoms with Crippen molar-refractivity contribution < 1.29 is 4.39 Å². The Morgan fingerprint density at radius 2 is 1.61 bits per heavy atom. The van der Waals surface area contributed by atoms with Gasteiger partial charge in [0.15, 0.2) is 0 Å². The van der Waals surface area contributed by atoms with Crippen LogP contribution in [0.15, 0.2) is 97.7 Å². The van der Waals surface area contributed by atoms with E-state index in [4.69, 9.17) is 0 Å². The average molecular weight is 540 g/mol. The SMILES string of the molecule is Cc1cc(F)cc(-c2cncc3[nH]c(-c4n[nH]c5cnc(-c6cncc(CNCc7ccccc7)c6)cc45)cc23)c1. The van der Waals surface area contributed by atoms with Gasteiger partial charge in [0.2, 0.25) is 0 Å². The topological polar surface area (TPSA) is 95.2 Å². The van der Waals surface area contributed by atoms with Crippen molar-refractivity contribution in [2.24, 2.45) is 0 Å². The van der Waals surface area contributed by atoms with E-state index < -0.39 is 0 Å². The van der Waals surface area contributed by atoms with Crippen LogP contribution in [-0.2, 0) is 13.1 Å². The highest BCUT2D eigenvalue weighted by Gasteiger charge is 2.16. The van der Waals surface area contributed by atoms with Gasteiger partial charge in [-0.2, -0.15) is 5.10 Å². The number of hydrogen-bond acceptors (Lipinski definition) is 5. The lowest BCUT2D eigenvalue weighted by Gasteiger charge is -2.07. The Balaban J connectivity index is 1.21. The molecule has 7 rings (SSSR count). The number of benzene rings is 2. The molecule has 3 N–H and O–H groups in total. The molecule has 200 valence electrons. The molecule has 0 radical (unpaired) electrons. The van der Waals surface area contributed by atoms with Gasteiger partial charge in [0, 0.05) is 53.6 Å². The summed E-state index contributed by atoms with van der Waals surface area (Å²) in [6, 6.07) is 21.5. The Morgan fingerprint density at radius 3 is 2.49 bits per heavy atom. The Morgan fingerprint density at radius 1 is 0.756 bits per heavy atom. The lowest BCUT2D eigenvalue weighted by atomic mass is 10.0. The van der Waals surface area contributed by atoms with Crippen LogP contribution in [0.3, 0.4) is 0 Å². The van der Waals surface area contributed by atoms with Crippen molar-refractivity contribution in [2.75, 3.05) is 0 Å². The van der Waals surface area contributed by atoms with Crippen molar-refractivity contribution >= 4 is 21.8 Å². The van der Waals surface area contributed by atoms with Gasteiger partial charge in [0.25, 0.3) is 0 Å². The van der Waals surface area contributed by atoms with E-state index in [1.165, 1.54) is 17.7 Å². The molecule has 0 aliphatic rings. The second kappa shape index (κ2) is 10.4. The molecular formula is C33H26FN7. The van der Waals surface area contributed by atoms with Crippen LogP contribution in [-0.4, -0.2) is 30.1 Å². The molecule has 0 aliphatic carbocycles. The zero-order chi connectivity index (χ0) is 27.8. The van der Waals surface area contributed by atoms with Crippen molar-refractivity contribution in [2.45, 2.75) is 20.0 Å². The molecule has 0 fully saturated rings. The van der Waals surface area contributed by atoms with Gasteiger partial charge >= 0.3 is 0 Å². The maximum atomic E-state index is 14.2. The number of nitrogens with zero attached hydrogens (tertiary/aromatic N) is 4. The number of H-pyrrole nitrogens is 2. The molecule has 0 saturated carbocycles. The largest absolute Gasteiger partial charge is 0.352 e.